The van der Waals surface area contributed by atoms with E-state index >= 15 is 0 Å². The van der Waals surface area contributed by atoms with Gasteiger partial charge >= 0.3 is 0 Å². The van der Waals surface area contributed by atoms with Crippen LogP contribution in [0.3, 0.4) is 0 Å². The van der Waals surface area contributed by atoms with Gasteiger partial charge in [0.1, 0.15) is 5.60 Å². The molecule has 0 saturated carbocycles. The van der Waals surface area contributed by atoms with Crippen molar-refractivity contribution in [3.8, 4) is 0 Å². The predicted octanol–water partition coefficient (Wildman–Crippen LogP) is 1.93. The zero-order valence-corrected chi connectivity index (χ0v) is 11.8. The van der Waals surface area contributed by atoms with Gasteiger partial charge in [-0.25, -0.2) is 0 Å². The van der Waals surface area contributed by atoms with E-state index in [4.69, 9.17) is 9.47 Å². The minimum Gasteiger partial charge on any atom is -0.382 e. The first-order chi connectivity index (χ1) is 8.59. The van der Waals surface area contributed by atoms with Gasteiger partial charge in [-0.2, -0.15) is 11.3 Å². The fraction of sp³-hybridized carbons (Fsp3) is 0.462. The summed E-state index contributed by atoms with van der Waals surface area (Å²) in [7, 11) is 3.21. The van der Waals surface area contributed by atoms with Crippen LogP contribution in [0.1, 0.15) is 12.5 Å². The van der Waals surface area contributed by atoms with Crippen LogP contribution in [-0.2, 0) is 14.3 Å². The number of rotatable bonds is 7. The van der Waals surface area contributed by atoms with Crippen LogP contribution in [0, 0.1) is 0 Å². The summed E-state index contributed by atoms with van der Waals surface area (Å²) in [6.07, 6.45) is 3.30. The first kappa shape index (κ1) is 14.9. The van der Waals surface area contributed by atoms with E-state index in [0.29, 0.717) is 13.2 Å². The van der Waals surface area contributed by atoms with Gasteiger partial charge < -0.3 is 14.8 Å². The topological polar surface area (TPSA) is 47.6 Å². The fourth-order valence-electron chi connectivity index (χ4n) is 1.36. The van der Waals surface area contributed by atoms with Crippen molar-refractivity contribution in [1.82, 2.24) is 5.32 Å². The molecule has 0 radical (unpaired) electrons. The monoisotopic (exact) mass is 269 g/mol. The molecule has 1 aromatic rings. The lowest BCUT2D eigenvalue weighted by Crippen LogP contribution is -2.45. The molecule has 0 spiro atoms. The maximum absolute atomic E-state index is 11.6. The molecule has 1 atom stereocenters. The van der Waals surface area contributed by atoms with Gasteiger partial charge in [0.25, 0.3) is 0 Å². The summed E-state index contributed by atoms with van der Waals surface area (Å²) in [4.78, 5) is 11.6. The SMILES string of the molecule is COC[C@@](C)(CNC(=O)/C=C/c1ccsc1)OC. The Labute approximate surface area is 112 Å². The largest absolute Gasteiger partial charge is 0.382 e. The van der Waals surface area contributed by atoms with Crippen LogP contribution < -0.4 is 5.32 Å². The smallest absolute Gasteiger partial charge is 0.244 e. The van der Waals surface area contributed by atoms with Gasteiger partial charge in [0, 0.05) is 26.8 Å². The van der Waals surface area contributed by atoms with Gasteiger partial charge in [-0.05, 0) is 35.4 Å². The Kier molecular flexibility index (Phi) is 6.04. The second-order valence-corrected chi connectivity index (χ2v) is 4.97. The molecule has 0 aliphatic rings. The van der Waals surface area contributed by atoms with E-state index < -0.39 is 5.60 Å². The Bertz CT molecular complexity index is 389. The molecule has 1 rings (SSSR count). The predicted molar refractivity (Wildman–Crippen MR) is 73.7 cm³/mol. The highest BCUT2D eigenvalue weighted by atomic mass is 32.1. The molecule has 1 heterocycles. The van der Waals surface area contributed by atoms with E-state index in [2.05, 4.69) is 5.32 Å². The summed E-state index contributed by atoms with van der Waals surface area (Å²) >= 11 is 1.60. The maximum Gasteiger partial charge on any atom is 0.244 e. The highest BCUT2D eigenvalue weighted by molar-refractivity contribution is 7.08. The summed E-state index contributed by atoms with van der Waals surface area (Å²) in [6, 6.07) is 1.96. The minimum atomic E-state index is -0.499. The third-order valence-corrected chi connectivity index (χ3v) is 3.25. The van der Waals surface area contributed by atoms with E-state index in [1.165, 1.54) is 6.08 Å². The highest BCUT2D eigenvalue weighted by Gasteiger charge is 2.23. The molecule has 0 aromatic carbocycles. The van der Waals surface area contributed by atoms with Crippen molar-refractivity contribution >= 4 is 23.3 Å². The van der Waals surface area contributed by atoms with Crippen LogP contribution in [0.2, 0.25) is 0 Å². The van der Waals surface area contributed by atoms with Gasteiger partial charge in [-0.3, -0.25) is 4.79 Å². The van der Waals surface area contributed by atoms with Crippen LogP contribution in [-0.4, -0.2) is 38.9 Å². The number of thiophene rings is 1. The number of nitrogens with one attached hydrogen (secondary N) is 1. The molecule has 1 amide bonds. The molecule has 5 heteroatoms. The fourth-order valence-corrected chi connectivity index (χ4v) is 1.99. The zero-order chi connectivity index (χ0) is 13.4. The van der Waals surface area contributed by atoms with Crippen molar-refractivity contribution in [2.75, 3.05) is 27.4 Å². The van der Waals surface area contributed by atoms with E-state index in [9.17, 15) is 4.79 Å². The van der Waals surface area contributed by atoms with Gasteiger partial charge in [0.2, 0.25) is 5.91 Å². The first-order valence-corrected chi connectivity index (χ1v) is 6.56. The normalized spacial score (nSPS) is 14.6. The second-order valence-electron chi connectivity index (χ2n) is 4.19. The number of hydrogen-bond acceptors (Lipinski definition) is 4. The lowest BCUT2D eigenvalue weighted by molar-refractivity contribution is -0.118. The molecule has 1 aromatic heterocycles. The summed E-state index contributed by atoms with van der Waals surface area (Å²) in [5.74, 6) is -0.138. The average Bonchev–Trinajstić information content (AvgIpc) is 2.87. The van der Waals surface area contributed by atoms with Crippen LogP contribution in [0.5, 0.6) is 0 Å². The second kappa shape index (κ2) is 7.31. The van der Waals surface area contributed by atoms with Gasteiger partial charge in [-0.1, -0.05) is 0 Å². The van der Waals surface area contributed by atoms with Crippen LogP contribution in [0.25, 0.3) is 6.08 Å². The molecular formula is C13H19NO3S. The van der Waals surface area contributed by atoms with Crippen molar-refractivity contribution in [2.45, 2.75) is 12.5 Å². The molecule has 0 fully saturated rings. The highest BCUT2D eigenvalue weighted by Crippen LogP contribution is 2.09. The van der Waals surface area contributed by atoms with Crippen molar-refractivity contribution in [3.63, 3.8) is 0 Å². The average molecular weight is 269 g/mol. The van der Waals surface area contributed by atoms with E-state index in [1.807, 2.05) is 23.8 Å². The van der Waals surface area contributed by atoms with Gasteiger partial charge in [0.05, 0.1) is 6.61 Å². The first-order valence-electron chi connectivity index (χ1n) is 5.62. The molecule has 4 nitrogen and oxygen atoms in total. The molecule has 0 saturated heterocycles. The Morgan fingerprint density at radius 3 is 2.89 bits per heavy atom. The van der Waals surface area contributed by atoms with Gasteiger partial charge in [0.15, 0.2) is 0 Å². The van der Waals surface area contributed by atoms with Crippen LogP contribution in [0.15, 0.2) is 22.9 Å². The number of hydrogen-bond donors (Lipinski definition) is 1. The molecule has 0 unspecified atom stereocenters. The van der Waals surface area contributed by atoms with Crippen LogP contribution in [0.4, 0.5) is 0 Å². The van der Waals surface area contributed by atoms with E-state index in [0.717, 1.165) is 5.56 Å². The lowest BCUT2D eigenvalue weighted by Gasteiger charge is -2.27. The molecular weight excluding hydrogens is 250 g/mol. The molecule has 18 heavy (non-hydrogen) atoms. The van der Waals surface area contributed by atoms with Crippen molar-refractivity contribution in [2.24, 2.45) is 0 Å². The number of methoxy groups -OCH3 is 2. The summed E-state index contributed by atoms with van der Waals surface area (Å²) < 4.78 is 10.4. The number of amides is 1. The summed E-state index contributed by atoms with van der Waals surface area (Å²) in [6.45, 7) is 2.72. The lowest BCUT2D eigenvalue weighted by atomic mass is 10.1. The molecule has 0 aliphatic carbocycles. The quantitative estimate of drug-likeness (QED) is 0.769. The Balaban J connectivity index is 2.41. The standard InChI is InChI=1S/C13H19NO3S/c1-13(17-3,10-16-2)9-14-12(15)5-4-11-6-7-18-8-11/h4-8H,9-10H2,1-3H3,(H,14,15)/b5-4+/t13-/m1/s1. The Morgan fingerprint density at radius 2 is 2.33 bits per heavy atom. The number of carbonyl (C=O) groups is 1. The molecule has 0 aliphatic heterocycles. The summed E-state index contributed by atoms with van der Waals surface area (Å²) in [5.41, 5.74) is 0.530. The number of ether oxygens (including phenoxy) is 2. The molecule has 100 valence electrons. The Morgan fingerprint density at radius 1 is 1.56 bits per heavy atom. The molecule has 0 bridgehead atoms. The van der Waals surface area contributed by atoms with Crippen LogP contribution >= 0.6 is 11.3 Å². The van der Waals surface area contributed by atoms with E-state index in [-0.39, 0.29) is 5.91 Å². The number of carbonyl (C=O) groups excluding carboxylic acids is 1. The van der Waals surface area contributed by atoms with Crippen molar-refractivity contribution in [3.05, 3.63) is 28.5 Å². The minimum absolute atomic E-state index is 0.138. The molecule has 1 N–H and O–H groups in total. The van der Waals surface area contributed by atoms with Gasteiger partial charge in [-0.15, -0.1) is 0 Å². The summed E-state index contributed by atoms with van der Waals surface area (Å²) in [5, 5.41) is 6.74. The Hall–Kier alpha value is -1.17. The third-order valence-electron chi connectivity index (χ3n) is 2.55. The third kappa shape index (κ3) is 5.00. The van der Waals surface area contributed by atoms with Crippen molar-refractivity contribution < 1.29 is 14.3 Å². The maximum atomic E-state index is 11.6. The zero-order valence-electron chi connectivity index (χ0n) is 10.9. The van der Waals surface area contributed by atoms with Crippen molar-refractivity contribution in [1.29, 1.82) is 0 Å². The van der Waals surface area contributed by atoms with E-state index in [1.54, 1.807) is 31.6 Å².